The molecule has 0 heterocycles. The summed E-state index contributed by atoms with van der Waals surface area (Å²) in [5, 5.41) is 17.7. The number of nitriles is 1. The molecule has 0 saturated heterocycles. The van der Waals surface area contributed by atoms with Crippen LogP contribution < -0.4 is 0 Å². The Hall–Kier alpha value is -2.23. The SMILES string of the molecule is COC(=O)c1cc(C#N)cc(O)c1C(F)(F)F. The third-order valence-electron chi connectivity index (χ3n) is 1.94. The van der Waals surface area contributed by atoms with Crippen LogP contribution in [0.1, 0.15) is 21.5 Å². The van der Waals surface area contributed by atoms with Gasteiger partial charge in [0, 0.05) is 0 Å². The zero-order valence-corrected chi connectivity index (χ0v) is 8.50. The number of carbonyl (C=O) groups is 1. The molecule has 1 aromatic rings. The van der Waals surface area contributed by atoms with Gasteiger partial charge in [-0.1, -0.05) is 0 Å². The molecule has 0 saturated carbocycles. The minimum atomic E-state index is -4.92. The minimum Gasteiger partial charge on any atom is -0.507 e. The summed E-state index contributed by atoms with van der Waals surface area (Å²) in [7, 11) is 0.901. The van der Waals surface area contributed by atoms with Gasteiger partial charge in [-0.25, -0.2) is 4.79 Å². The standard InChI is InChI=1S/C10H6F3NO3/c1-17-9(16)6-2-5(4-14)3-7(15)8(6)10(11,12)13/h2-3,15H,1H3. The van der Waals surface area contributed by atoms with Gasteiger partial charge in [0.25, 0.3) is 0 Å². The van der Waals surface area contributed by atoms with Crippen LogP contribution in [-0.2, 0) is 10.9 Å². The van der Waals surface area contributed by atoms with Gasteiger partial charge in [0.1, 0.15) is 11.3 Å². The van der Waals surface area contributed by atoms with Crippen molar-refractivity contribution in [1.82, 2.24) is 0 Å². The van der Waals surface area contributed by atoms with E-state index in [0.717, 1.165) is 7.11 Å². The fourth-order valence-corrected chi connectivity index (χ4v) is 1.26. The van der Waals surface area contributed by atoms with Crippen molar-refractivity contribution in [2.45, 2.75) is 6.18 Å². The second-order valence-corrected chi connectivity index (χ2v) is 3.02. The number of phenolic OH excluding ortho intramolecular Hbond substituents is 1. The fraction of sp³-hybridized carbons (Fsp3) is 0.200. The maximum absolute atomic E-state index is 12.6. The van der Waals surface area contributed by atoms with E-state index in [9.17, 15) is 23.1 Å². The van der Waals surface area contributed by atoms with Crippen LogP contribution >= 0.6 is 0 Å². The Morgan fingerprint density at radius 1 is 1.47 bits per heavy atom. The van der Waals surface area contributed by atoms with Crippen molar-refractivity contribution < 1.29 is 27.8 Å². The molecule has 7 heteroatoms. The molecule has 0 aliphatic rings. The summed E-state index contributed by atoms with van der Waals surface area (Å²) in [5.74, 6) is -2.46. The summed E-state index contributed by atoms with van der Waals surface area (Å²) >= 11 is 0. The van der Waals surface area contributed by atoms with E-state index in [1.165, 1.54) is 6.07 Å². The zero-order chi connectivity index (χ0) is 13.2. The van der Waals surface area contributed by atoms with Crippen molar-refractivity contribution >= 4 is 5.97 Å². The third kappa shape index (κ3) is 2.47. The monoisotopic (exact) mass is 245 g/mol. The Balaban J connectivity index is 3.58. The number of hydrogen-bond donors (Lipinski definition) is 1. The van der Waals surface area contributed by atoms with E-state index in [4.69, 9.17) is 5.26 Å². The molecule has 17 heavy (non-hydrogen) atoms. The maximum Gasteiger partial charge on any atom is 0.420 e. The molecule has 0 radical (unpaired) electrons. The number of esters is 1. The second-order valence-electron chi connectivity index (χ2n) is 3.02. The van der Waals surface area contributed by atoms with Crippen molar-refractivity contribution in [2.75, 3.05) is 7.11 Å². The lowest BCUT2D eigenvalue weighted by molar-refractivity contribution is -0.139. The van der Waals surface area contributed by atoms with E-state index in [1.807, 2.05) is 0 Å². The number of rotatable bonds is 1. The first-order valence-electron chi connectivity index (χ1n) is 4.24. The van der Waals surface area contributed by atoms with Gasteiger partial charge in [-0.3, -0.25) is 0 Å². The molecule has 4 nitrogen and oxygen atoms in total. The van der Waals surface area contributed by atoms with Gasteiger partial charge < -0.3 is 9.84 Å². The van der Waals surface area contributed by atoms with Gasteiger partial charge >= 0.3 is 12.1 Å². The Labute approximate surface area is 93.8 Å². The van der Waals surface area contributed by atoms with E-state index in [1.54, 1.807) is 0 Å². The van der Waals surface area contributed by atoms with Gasteiger partial charge in [-0.15, -0.1) is 0 Å². The van der Waals surface area contributed by atoms with Crippen LogP contribution in [0.4, 0.5) is 13.2 Å². The Kier molecular flexibility index (Phi) is 3.27. The highest BCUT2D eigenvalue weighted by molar-refractivity contribution is 5.92. The first-order valence-corrected chi connectivity index (χ1v) is 4.24. The van der Waals surface area contributed by atoms with Gasteiger partial charge in [-0.05, 0) is 12.1 Å². The van der Waals surface area contributed by atoms with Crippen LogP contribution in [0.5, 0.6) is 5.75 Å². The molecule has 0 atom stereocenters. The molecule has 1 N–H and O–H groups in total. The van der Waals surface area contributed by atoms with Gasteiger partial charge in [0.05, 0.1) is 24.3 Å². The van der Waals surface area contributed by atoms with Gasteiger partial charge in [-0.2, -0.15) is 18.4 Å². The van der Waals surface area contributed by atoms with E-state index in [2.05, 4.69) is 4.74 Å². The van der Waals surface area contributed by atoms with E-state index < -0.39 is 29.0 Å². The molecule has 0 spiro atoms. The summed E-state index contributed by atoms with van der Waals surface area (Å²) in [4.78, 5) is 11.2. The predicted octanol–water partition coefficient (Wildman–Crippen LogP) is 2.07. The number of ether oxygens (including phenoxy) is 1. The summed E-state index contributed by atoms with van der Waals surface area (Å²) in [6, 6.07) is 2.88. The smallest absolute Gasteiger partial charge is 0.420 e. The first kappa shape index (κ1) is 12.8. The summed E-state index contributed by atoms with van der Waals surface area (Å²) in [6.07, 6.45) is -4.92. The highest BCUT2D eigenvalue weighted by Gasteiger charge is 2.39. The first-order chi connectivity index (χ1) is 7.81. The molecule has 0 fully saturated rings. The lowest BCUT2D eigenvalue weighted by atomic mass is 10.0. The van der Waals surface area contributed by atoms with Crippen LogP contribution in [0.15, 0.2) is 12.1 Å². The van der Waals surface area contributed by atoms with Crippen LogP contribution in [0.25, 0.3) is 0 Å². The third-order valence-corrected chi connectivity index (χ3v) is 1.94. The molecule has 0 amide bonds. The molecule has 0 aliphatic heterocycles. The molecular weight excluding hydrogens is 239 g/mol. The number of hydrogen-bond acceptors (Lipinski definition) is 4. The number of alkyl halides is 3. The number of aromatic hydroxyl groups is 1. The molecule has 90 valence electrons. The van der Waals surface area contributed by atoms with Crippen molar-refractivity contribution in [3.05, 3.63) is 28.8 Å². The molecule has 1 aromatic carbocycles. The number of nitrogens with zero attached hydrogens (tertiary/aromatic N) is 1. The van der Waals surface area contributed by atoms with Crippen molar-refractivity contribution in [3.8, 4) is 11.8 Å². The average Bonchev–Trinajstić information content (AvgIpc) is 2.24. The number of benzene rings is 1. The lowest BCUT2D eigenvalue weighted by Crippen LogP contribution is -2.14. The van der Waals surface area contributed by atoms with Crippen LogP contribution in [0.3, 0.4) is 0 Å². The predicted molar refractivity (Wildman–Crippen MR) is 49.2 cm³/mol. The molecule has 0 bridgehead atoms. The Morgan fingerprint density at radius 3 is 2.47 bits per heavy atom. The van der Waals surface area contributed by atoms with Crippen molar-refractivity contribution in [1.29, 1.82) is 5.26 Å². The average molecular weight is 245 g/mol. The summed E-state index contributed by atoms with van der Waals surface area (Å²) in [5.41, 5.74) is -2.67. The molecule has 0 aliphatic carbocycles. The van der Waals surface area contributed by atoms with Gasteiger partial charge in [0.15, 0.2) is 0 Å². The quantitative estimate of drug-likeness (QED) is 0.769. The topological polar surface area (TPSA) is 70.3 Å². The highest BCUT2D eigenvalue weighted by atomic mass is 19.4. The highest BCUT2D eigenvalue weighted by Crippen LogP contribution is 2.39. The summed E-state index contributed by atoms with van der Waals surface area (Å²) < 4.78 is 41.9. The van der Waals surface area contributed by atoms with Crippen molar-refractivity contribution in [2.24, 2.45) is 0 Å². The number of halogens is 3. The molecule has 0 unspecified atom stereocenters. The van der Waals surface area contributed by atoms with E-state index in [-0.39, 0.29) is 5.56 Å². The van der Waals surface area contributed by atoms with Crippen molar-refractivity contribution in [3.63, 3.8) is 0 Å². The minimum absolute atomic E-state index is 0.268. The van der Waals surface area contributed by atoms with E-state index >= 15 is 0 Å². The Morgan fingerprint density at radius 2 is 2.06 bits per heavy atom. The van der Waals surface area contributed by atoms with E-state index in [0.29, 0.717) is 12.1 Å². The largest absolute Gasteiger partial charge is 0.507 e. The summed E-state index contributed by atoms with van der Waals surface area (Å²) in [6.45, 7) is 0. The number of phenols is 1. The molecule has 0 aromatic heterocycles. The number of methoxy groups -OCH3 is 1. The number of carbonyl (C=O) groups excluding carboxylic acids is 1. The van der Waals surface area contributed by atoms with Crippen LogP contribution in [-0.4, -0.2) is 18.2 Å². The fourth-order valence-electron chi connectivity index (χ4n) is 1.26. The molecule has 1 rings (SSSR count). The maximum atomic E-state index is 12.6. The zero-order valence-electron chi connectivity index (χ0n) is 8.50. The molecular formula is C10H6F3NO3. The second kappa shape index (κ2) is 4.33. The van der Waals surface area contributed by atoms with Crippen LogP contribution in [0, 0.1) is 11.3 Å². The Bertz CT molecular complexity index is 503. The van der Waals surface area contributed by atoms with Gasteiger partial charge in [0.2, 0.25) is 0 Å². The lowest BCUT2D eigenvalue weighted by Gasteiger charge is -2.13. The normalized spacial score (nSPS) is 10.8. The van der Waals surface area contributed by atoms with Crippen LogP contribution in [0.2, 0.25) is 0 Å².